The summed E-state index contributed by atoms with van der Waals surface area (Å²) < 4.78 is 0. The summed E-state index contributed by atoms with van der Waals surface area (Å²) in [7, 11) is 0. The fourth-order valence-corrected chi connectivity index (χ4v) is 1.96. The van der Waals surface area contributed by atoms with E-state index in [1.165, 1.54) is 0 Å². The van der Waals surface area contributed by atoms with E-state index in [2.05, 4.69) is 15.0 Å². The molecule has 0 spiro atoms. The number of benzene rings is 1. The number of hydrogen-bond acceptors (Lipinski definition) is 2. The Hall–Kier alpha value is -1.94. The van der Waals surface area contributed by atoms with Gasteiger partial charge in [-0.2, -0.15) is 0 Å². The molecule has 0 aliphatic carbocycles. The van der Waals surface area contributed by atoms with E-state index in [0.717, 1.165) is 22.2 Å². The summed E-state index contributed by atoms with van der Waals surface area (Å²) in [6.07, 6.45) is 3.62. The van der Waals surface area contributed by atoms with Crippen LogP contribution in [0.1, 0.15) is 0 Å². The zero-order valence-electron chi connectivity index (χ0n) is 8.29. The molecule has 5 heteroatoms. The van der Waals surface area contributed by atoms with Crippen molar-refractivity contribution < 1.29 is 0 Å². The molecular weight excluding hydrogens is 224 g/mol. The molecule has 0 amide bonds. The van der Waals surface area contributed by atoms with Gasteiger partial charge in [-0.1, -0.05) is 11.6 Å². The maximum Gasteiger partial charge on any atom is 0.197 e. The standard InChI is InChI=1S/C11H9ClN4/c12-6-1-2-9-7(3-6)8(4-14-9)10-5-15-11(13)16-10/h1-5,14H,(H3,13,15,16). The van der Waals surface area contributed by atoms with E-state index in [9.17, 15) is 0 Å². The van der Waals surface area contributed by atoms with Crippen molar-refractivity contribution in [3.63, 3.8) is 0 Å². The molecule has 4 nitrogen and oxygen atoms in total. The number of aromatic nitrogens is 3. The van der Waals surface area contributed by atoms with Crippen molar-refractivity contribution in [1.82, 2.24) is 15.0 Å². The molecule has 0 saturated carbocycles. The fourth-order valence-electron chi connectivity index (χ4n) is 1.79. The van der Waals surface area contributed by atoms with E-state index in [4.69, 9.17) is 17.3 Å². The lowest BCUT2D eigenvalue weighted by molar-refractivity contribution is 1.33. The van der Waals surface area contributed by atoms with E-state index in [1.54, 1.807) is 6.20 Å². The zero-order valence-corrected chi connectivity index (χ0v) is 9.05. The minimum atomic E-state index is 0.409. The van der Waals surface area contributed by atoms with Gasteiger partial charge in [0, 0.05) is 27.7 Å². The largest absolute Gasteiger partial charge is 0.369 e. The van der Waals surface area contributed by atoms with Gasteiger partial charge in [-0.3, -0.25) is 0 Å². The highest BCUT2D eigenvalue weighted by molar-refractivity contribution is 6.31. The topological polar surface area (TPSA) is 70.5 Å². The van der Waals surface area contributed by atoms with Gasteiger partial charge < -0.3 is 15.7 Å². The van der Waals surface area contributed by atoms with Crippen molar-refractivity contribution in [2.45, 2.75) is 0 Å². The first-order valence-corrected chi connectivity index (χ1v) is 5.19. The molecule has 0 radical (unpaired) electrons. The van der Waals surface area contributed by atoms with Crippen molar-refractivity contribution >= 4 is 28.5 Å². The van der Waals surface area contributed by atoms with Gasteiger partial charge >= 0.3 is 0 Å². The lowest BCUT2D eigenvalue weighted by Crippen LogP contribution is -1.85. The van der Waals surface area contributed by atoms with Crippen LogP contribution in [-0.2, 0) is 0 Å². The van der Waals surface area contributed by atoms with Crippen LogP contribution in [0.2, 0.25) is 5.02 Å². The van der Waals surface area contributed by atoms with E-state index in [1.807, 2.05) is 24.4 Å². The highest BCUT2D eigenvalue weighted by Crippen LogP contribution is 2.29. The Labute approximate surface area is 96.5 Å². The first-order valence-electron chi connectivity index (χ1n) is 4.81. The molecule has 80 valence electrons. The van der Waals surface area contributed by atoms with Gasteiger partial charge in [0.2, 0.25) is 0 Å². The molecule has 0 saturated heterocycles. The van der Waals surface area contributed by atoms with E-state index in [0.29, 0.717) is 11.0 Å². The van der Waals surface area contributed by atoms with Crippen molar-refractivity contribution in [2.24, 2.45) is 0 Å². The van der Waals surface area contributed by atoms with Crippen LogP contribution in [0.15, 0.2) is 30.6 Å². The van der Waals surface area contributed by atoms with Gasteiger partial charge in [-0.05, 0) is 18.2 Å². The Bertz CT molecular complexity index is 653. The summed E-state index contributed by atoms with van der Waals surface area (Å²) in [5.74, 6) is 0.409. The number of halogens is 1. The Morgan fingerprint density at radius 1 is 1.31 bits per heavy atom. The smallest absolute Gasteiger partial charge is 0.197 e. The number of H-pyrrole nitrogens is 2. The van der Waals surface area contributed by atoms with Gasteiger partial charge in [0.25, 0.3) is 0 Å². The highest BCUT2D eigenvalue weighted by atomic mass is 35.5. The number of nitrogens with two attached hydrogens (primary N) is 1. The third-order valence-electron chi connectivity index (χ3n) is 2.53. The van der Waals surface area contributed by atoms with E-state index in [-0.39, 0.29) is 0 Å². The Morgan fingerprint density at radius 2 is 2.19 bits per heavy atom. The van der Waals surface area contributed by atoms with Gasteiger partial charge in [-0.25, -0.2) is 4.98 Å². The number of anilines is 1. The molecule has 0 aliphatic rings. The summed E-state index contributed by atoms with van der Waals surface area (Å²) in [6, 6.07) is 5.71. The predicted octanol–water partition coefficient (Wildman–Crippen LogP) is 2.79. The number of hydrogen-bond donors (Lipinski definition) is 3. The molecule has 16 heavy (non-hydrogen) atoms. The van der Waals surface area contributed by atoms with Gasteiger partial charge in [0.15, 0.2) is 5.95 Å². The van der Waals surface area contributed by atoms with Crippen molar-refractivity contribution in [2.75, 3.05) is 5.73 Å². The number of rotatable bonds is 1. The maximum absolute atomic E-state index is 5.98. The number of imidazole rings is 1. The Kier molecular flexibility index (Phi) is 1.91. The van der Waals surface area contributed by atoms with E-state index < -0.39 is 0 Å². The summed E-state index contributed by atoms with van der Waals surface area (Å²) in [4.78, 5) is 10.1. The second-order valence-electron chi connectivity index (χ2n) is 3.57. The predicted molar refractivity (Wildman–Crippen MR) is 65.3 cm³/mol. The number of fused-ring (bicyclic) bond motifs is 1. The number of nitrogen functional groups attached to an aromatic ring is 1. The van der Waals surface area contributed by atoms with Crippen LogP contribution in [-0.4, -0.2) is 15.0 Å². The quantitative estimate of drug-likeness (QED) is 0.604. The number of nitrogens with zero attached hydrogens (tertiary/aromatic N) is 1. The number of aromatic amines is 2. The normalized spacial score (nSPS) is 11.1. The molecule has 0 aliphatic heterocycles. The minimum Gasteiger partial charge on any atom is -0.369 e. The van der Waals surface area contributed by atoms with Crippen LogP contribution < -0.4 is 5.73 Å². The van der Waals surface area contributed by atoms with Crippen LogP contribution in [0.3, 0.4) is 0 Å². The second kappa shape index (κ2) is 3.28. The van der Waals surface area contributed by atoms with Crippen LogP contribution in [0.25, 0.3) is 22.2 Å². The Morgan fingerprint density at radius 3 is 2.94 bits per heavy atom. The summed E-state index contributed by atoms with van der Waals surface area (Å²) in [5.41, 5.74) is 8.49. The van der Waals surface area contributed by atoms with Crippen molar-refractivity contribution in [3.8, 4) is 11.3 Å². The third-order valence-corrected chi connectivity index (χ3v) is 2.76. The average molecular weight is 233 g/mol. The first kappa shape index (κ1) is 9.30. The maximum atomic E-state index is 5.98. The summed E-state index contributed by atoms with van der Waals surface area (Å²) in [6.45, 7) is 0. The third kappa shape index (κ3) is 1.35. The van der Waals surface area contributed by atoms with Crippen molar-refractivity contribution in [1.29, 1.82) is 0 Å². The lowest BCUT2D eigenvalue weighted by atomic mass is 10.1. The average Bonchev–Trinajstić information content (AvgIpc) is 2.83. The fraction of sp³-hybridized carbons (Fsp3) is 0. The minimum absolute atomic E-state index is 0.409. The molecule has 0 atom stereocenters. The van der Waals surface area contributed by atoms with E-state index >= 15 is 0 Å². The molecule has 2 heterocycles. The first-order chi connectivity index (χ1) is 7.74. The molecule has 0 bridgehead atoms. The van der Waals surface area contributed by atoms with Gasteiger partial charge in [-0.15, -0.1) is 0 Å². The van der Waals surface area contributed by atoms with Crippen LogP contribution in [0, 0.1) is 0 Å². The SMILES string of the molecule is Nc1ncc(-c2c[nH]c3ccc(Cl)cc23)[nH]1. The van der Waals surface area contributed by atoms with Crippen molar-refractivity contribution in [3.05, 3.63) is 35.6 Å². The zero-order chi connectivity index (χ0) is 11.1. The lowest BCUT2D eigenvalue weighted by Gasteiger charge is -1.95. The molecule has 1 aromatic carbocycles. The number of nitrogens with one attached hydrogen (secondary N) is 2. The van der Waals surface area contributed by atoms with Gasteiger partial charge in [0.1, 0.15) is 0 Å². The summed E-state index contributed by atoms with van der Waals surface area (Å²) >= 11 is 5.98. The molecular formula is C11H9ClN4. The molecule has 0 unspecified atom stereocenters. The molecule has 3 aromatic rings. The monoisotopic (exact) mass is 232 g/mol. The second-order valence-corrected chi connectivity index (χ2v) is 4.01. The summed E-state index contributed by atoms with van der Waals surface area (Å²) in [5, 5.41) is 1.76. The molecule has 2 aromatic heterocycles. The molecule has 0 fully saturated rings. The van der Waals surface area contributed by atoms with Crippen LogP contribution in [0.4, 0.5) is 5.95 Å². The Balaban J connectivity index is 2.27. The molecule has 3 rings (SSSR count). The van der Waals surface area contributed by atoms with Crippen LogP contribution in [0.5, 0.6) is 0 Å². The molecule has 4 N–H and O–H groups in total. The van der Waals surface area contributed by atoms with Gasteiger partial charge in [0.05, 0.1) is 11.9 Å². The van der Waals surface area contributed by atoms with Crippen LogP contribution >= 0.6 is 11.6 Å². The highest BCUT2D eigenvalue weighted by Gasteiger charge is 2.08.